The largest absolute Gasteiger partial charge is 0.493 e. The second kappa shape index (κ2) is 10.2. The van der Waals surface area contributed by atoms with Gasteiger partial charge in [-0.05, 0) is 97.5 Å². The molecule has 6 rings (SSSR count). The molecule has 37 heavy (non-hydrogen) atoms. The van der Waals surface area contributed by atoms with Crippen molar-refractivity contribution in [3.8, 4) is 22.6 Å². The molecule has 2 atom stereocenters. The van der Waals surface area contributed by atoms with Crippen LogP contribution in [-0.4, -0.2) is 59.9 Å². The second-order valence-electron chi connectivity index (χ2n) is 12.2. The van der Waals surface area contributed by atoms with Gasteiger partial charge in [0.15, 0.2) is 0 Å². The van der Waals surface area contributed by atoms with Gasteiger partial charge < -0.3 is 19.5 Å². The van der Waals surface area contributed by atoms with E-state index in [1.54, 1.807) is 0 Å². The predicted octanol–water partition coefficient (Wildman–Crippen LogP) is 6.48. The van der Waals surface area contributed by atoms with Gasteiger partial charge in [0.25, 0.3) is 0 Å². The molecule has 3 aliphatic heterocycles. The number of hydrogen-bond acceptors (Lipinski definition) is 4. The molecule has 6 heteroatoms. The molecule has 1 aliphatic carbocycles. The first-order valence-electron chi connectivity index (χ1n) is 13.9. The SMILES string of the molecule is CCOc1cc2c(cc1-c1ccc(OCC(C)C)cc1)CC(C)(C)[C@H]2N(C(=O)O)[C@@H]1CN2CCC1CC2. The maximum Gasteiger partial charge on any atom is 0.408 e. The smallest absolute Gasteiger partial charge is 0.408 e. The van der Waals surface area contributed by atoms with E-state index in [9.17, 15) is 9.90 Å². The lowest BCUT2D eigenvalue weighted by Crippen LogP contribution is -2.60. The Balaban J connectivity index is 1.51. The highest BCUT2D eigenvalue weighted by Gasteiger charge is 2.50. The summed E-state index contributed by atoms with van der Waals surface area (Å²) in [5, 5.41) is 10.5. The Morgan fingerprint density at radius 3 is 2.41 bits per heavy atom. The molecule has 2 aromatic carbocycles. The van der Waals surface area contributed by atoms with Crippen molar-refractivity contribution in [3.05, 3.63) is 47.5 Å². The van der Waals surface area contributed by atoms with E-state index in [-0.39, 0.29) is 17.5 Å². The first-order chi connectivity index (χ1) is 17.7. The Morgan fingerprint density at radius 2 is 1.84 bits per heavy atom. The lowest BCUT2D eigenvalue weighted by Gasteiger charge is -2.51. The number of rotatable bonds is 8. The zero-order valence-electron chi connectivity index (χ0n) is 23.0. The average Bonchev–Trinajstić information content (AvgIpc) is 3.12. The van der Waals surface area contributed by atoms with Gasteiger partial charge in [0.2, 0.25) is 0 Å². The summed E-state index contributed by atoms with van der Waals surface area (Å²) >= 11 is 0. The zero-order chi connectivity index (χ0) is 26.3. The number of benzene rings is 2. The first kappa shape index (κ1) is 25.9. The molecule has 2 aromatic rings. The summed E-state index contributed by atoms with van der Waals surface area (Å²) in [4.78, 5) is 17.1. The standard InChI is InChI=1S/C31H42N2O4/c1-6-36-28-16-26-23(15-25(28)21-7-9-24(10-8-21)37-19-20(2)3)17-31(4,5)29(26)33(30(34)35)27-18-32-13-11-22(27)12-14-32/h7-10,15-16,20,22,27,29H,6,11-14,17-19H2,1-5H3,(H,34,35)/t27-,29+/m1/s1. The molecule has 1 amide bonds. The van der Waals surface area contributed by atoms with E-state index < -0.39 is 6.09 Å². The molecule has 0 radical (unpaired) electrons. The fourth-order valence-corrected chi connectivity index (χ4v) is 6.77. The molecule has 6 nitrogen and oxygen atoms in total. The van der Waals surface area contributed by atoms with Crippen LogP contribution in [0.1, 0.15) is 64.6 Å². The van der Waals surface area contributed by atoms with E-state index in [4.69, 9.17) is 9.47 Å². The van der Waals surface area contributed by atoms with E-state index in [2.05, 4.69) is 56.9 Å². The van der Waals surface area contributed by atoms with Crippen LogP contribution in [0, 0.1) is 17.3 Å². The third-order valence-electron chi connectivity index (χ3n) is 8.45. The van der Waals surface area contributed by atoms with Gasteiger partial charge in [-0.25, -0.2) is 4.79 Å². The fraction of sp³-hybridized carbons (Fsp3) is 0.581. The number of nitrogens with zero attached hydrogens (tertiary/aromatic N) is 2. The highest BCUT2D eigenvalue weighted by Crippen LogP contribution is 2.53. The minimum atomic E-state index is -0.802. The van der Waals surface area contributed by atoms with Crippen LogP contribution >= 0.6 is 0 Å². The van der Waals surface area contributed by atoms with E-state index in [0.29, 0.717) is 25.0 Å². The lowest BCUT2D eigenvalue weighted by atomic mass is 9.79. The average molecular weight is 507 g/mol. The van der Waals surface area contributed by atoms with Crippen LogP contribution in [-0.2, 0) is 6.42 Å². The van der Waals surface area contributed by atoms with Crippen LogP contribution in [0.15, 0.2) is 36.4 Å². The fourth-order valence-electron chi connectivity index (χ4n) is 6.77. The van der Waals surface area contributed by atoms with Crippen LogP contribution in [0.5, 0.6) is 11.5 Å². The molecule has 3 heterocycles. The lowest BCUT2D eigenvalue weighted by molar-refractivity contribution is -0.0267. The Labute approximate surface area is 221 Å². The van der Waals surface area contributed by atoms with E-state index >= 15 is 0 Å². The summed E-state index contributed by atoms with van der Waals surface area (Å²) in [6, 6.07) is 12.5. The van der Waals surface area contributed by atoms with E-state index in [0.717, 1.165) is 67.1 Å². The first-order valence-corrected chi connectivity index (χ1v) is 13.9. The molecule has 0 saturated carbocycles. The van der Waals surface area contributed by atoms with Crippen molar-refractivity contribution in [1.29, 1.82) is 0 Å². The Morgan fingerprint density at radius 1 is 1.14 bits per heavy atom. The van der Waals surface area contributed by atoms with Gasteiger partial charge >= 0.3 is 6.09 Å². The van der Waals surface area contributed by atoms with Crippen molar-refractivity contribution >= 4 is 6.09 Å². The van der Waals surface area contributed by atoms with Crippen LogP contribution in [0.4, 0.5) is 4.79 Å². The number of carboxylic acid groups (broad SMARTS) is 1. The molecular formula is C31H42N2O4. The van der Waals surface area contributed by atoms with Crippen molar-refractivity contribution < 1.29 is 19.4 Å². The quantitative estimate of drug-likeness (QED) is 0.444. The Hall–Kier alpha value is -2.73. The predicted molar refractivity (Wildman–Crippen MR) is 146 cm³/mol. The highest BCUT2D eigenvalue weighted by molar-refractivity contribution is 5.74. The van der Waals surface area contributed by atoms with Gasteiger partial charge in [0, 0.05) is 12.1 Å². The van der Waals surface area contributed by atoms with Crippen molar-refractivity contribution in [2.75, 3.05) is 32.8 Å². The van der Waals surface area contributed by atoms with Crippen LogP contribution in [0.2, 0.25) is 0 Å². The number of amides is 1. The number of piperidine rings is 3. The van der Waals surface area contributed by atoms with Crippen molar-refractivity contribution in [2.45, 2.75) is 66.0 Å². The molecule has 0 unspecified atom stereocenters. The van der Waals surface area contributed by atoms with Gasteiger partial charge in [-0.15, -0.1) is 0 Å². The van der Waals surface area contributed by atoms with Crippen LogP contribution in [0.25, 0.3) is 11.1 Å². The van der Waals surface area contributed by atoms with Crippen LogP contribution in [0.3, 0.4) is 0 Å². The molecule has 200 valence electrons. The maximum atomic E-state index is 12.9. The molecule has 0 aromatic heterocycles. The van der Waals surface area contributed by atoms with Crippen LogP contribution < -0.4 is 9.47 Å². The summed E-state index contributed by atoms with van der Waals surface area (Å²) in [6.45, 7) is 15.0. The minimum Gasteiger partial charge on any atom is -0.493 e. The van der Waals surface area contributed by atoms with Gasteiger partial charge in [-0.1, -0.05) is 39.8 Å². The second-order valence-corrected chi connectivity index (χ2v) is 12.2. The highest BCUT2D eigenvalue weighted by atomic mass is 16.5. The number of fused-ring (bicyclic) bond motifs is 4. The summed E-state index contributed by atoms with van der Waals surface area (Å²) in [6.07, 6.45) is 2.22. The summed E-state index contributed by atoms with van der Waals surface area (Å²) in [5.41, 5.74) is 4.26. The molecule has 4 aliphatic rings. The molecule has 3 fully saturated rings. The number of ether oxygens (including phenoxy) is 2. The van der Waals surface area contributed by atoms with E-state index in [1.165, 1.54) is 5.56 Å². The monoisotopic (exact) mass is 506 g/mol. The Bertz CT molecular complexity index is 1120. The molecule has 0 spiro atoms. The Kier molecular flexibility index (Phi) is 7.14. The molecule has 3 saturated heterocycles. The van der Waals surface area contributed by atoms with Crippen molar-refractivity contribution in [2.24, 2.45) is 17.3 Å². The van der Waals surface area contributed by atoms with E-state index in [1.807, 2.05) is 24.0 Å². The normalized spacial score (nSPS) is 25.7. The molecule has 2 bridgehead atoms. The number of carbonyl (C=O) groups is 1. The van der Waals surface area contributed by atoms with Gasteiger partial charge in [0.05, 0.1) is 25.3 Å². The maximum absolute atomic E-state index is 12.9. The third-order valence-corrected chi connectivity index (χ3v) is 8.45. The van der Waals surface area contributed by atoms with Crippen molar-refractivity contribution in [3.63, 3.8) is 0 Å². The topological polar surface area (TPSA) is 62.2 Å². The summed E-state index contributed by atoms with van der Waals surface area (Å²) in [7, 11) is 0. The van der Waals surface area contributed by atoms with Crippen molar-refractivity contribution in [1.82, 2.24) is 9.80 Å². The van der Waals surface area contributed by atoms with Gasteiger partial charge in [-0.3, -0.25) is 4.90 Å². The zero-order valence-corrected chi connectivity index (χ0v) is 23.0. The minimum absolute atomic E-state index is 0.0452. The summed E-state index contributed by atoms with van der Waals surface area (Å²) in [5.74, 6) is 2.61. The number of hydrogen-bond donors (Lipinski definition) is 1. The third kappa shape index (κ3) is 5.05. The summed E-state index contributed by atoms with van der Waals surface area (Å²) < 4.78 is 12.1. The van der Waals surface area contributed by atoms with Gasteiger partial charge in [0.1, 0.15) is 11.5 Å². The molecular weight excluding hydrogens is 464 g/mol. The molecule has 1 N–H and O–H groups in total. The van der Waals surface area contributed by atoms with Gasteiger partial charge in [-0.2, -0.15) is 0 Å².